The summed E-state index contributed by atoms with van der Waals surface area (Å²) in [7, 11) is 0. The number of thioether (sulfide) groups is 1. The minimum Gasteiger partial charge on any atom is -0.486 e. The van der Waals surface area contributed by atoms with E-state index in [-0.39, 0.29) is 24.4 Å². The van der Waals surface area contributed by atoms with Crippen molar-refractivity contribution in [3.8, 4) is 11.4 Å². The van der Waals surface area contributed by atoms with Crippen LogP contribution in [-0.2, 0) is 16.1 Å². The van der Waals surface area contributed by atoms with E-state index in [9.17, 15) is 4.79 Å². The van der Waals surface area contributed by atoms with Gasteiger partial charge in [0.1, 0.15) is 18.5 Å². The highest BCUT2D eigenvalue weighted by Gasteiger charge is 2.21. The lowest BCUT2D eigenvalue weighted by atomic mass is 10.3. The zero-order chi connectivity index (χ0) is 20.8. The van der Waals surface area contributed by atoms with Crippen molar-refractivity contribution in [1.82, 2.24) is 14.8 Å². The van der Waals surface area contributed by atoms with E-state index < -0.39 is 0 Å². The molecule has 8 heteroatoms. The molecule has 0 amide bonds. The highest BCUT2D eigenvalue weighted by Crippen LogP contribution is 2.25. The van der Waals surface area contributed by atoms with E-state index in [0.717, 1.165) is 31.4 Å². The van der Waals surface area contributed by atoms with Gasteiger partial charge in [0.15, 0.2) is 11.0 Å². The average Bonchev–Trinajstić information content (AvgIpc) is 3.42. The van der Waals surface area contributed by atoms with Crippen LogP contribution in [0.15, 0.2) is 59.8 Å². The highest BCUT2D eigenvalue weighted by atomic mass is 35.5. The summed E-state index contributed by atoms with van der Waals surface area (Å²) in [6, 6.07) is 16.9. The fourth-order valence-electron chi connectivity index (χ4n) is 3.35. The second-order valence-corrected chi connectivity index (χ2v) is 8.38. The number of hydrogen-bond donors (Lipinski definition) is 0. The molecule has 1 saturated carbocycles. The normalized spacial score (nSPS) is 14.0. The van der Waals surface area contributed by atoms with Crippen LogP contribution in [0.25, 0.3) is 5.69 Å². The Balaban J connectivity index is 1.47. The predicted octanol–water partition coefficient (Wildman–Crippen LogP) is 5.08. The number of carbonyl (C=O) groups is 1. The van der Waals surface area contributed by atoms with Crippen LogP contribution < -0.4 is 4.74 Å². The molecule has 0 unspecified atom stereocenters. The number of para-hydroxylation sites is 1. The fourth-order valence-corrected chi connectivity index (χ4v) is 4.23. The molecular weight excluding hydrogens is 422 g/mol. The van der Waals surface area contributed by atoms with Crippen LogP contribution in [0.4, 0.5) is 0 Å². The van der Waals surface area contributed by atoms with Crippen LogP contribution in [0.5, 0.6) is 5.75 Å². The van der Waals surface area contributed by atoms with Gasteiger partial charge in [-0.1, -0.05) is 41.6 Å². The molecule has 0 aliphatic heterocycles. The first-order valence-electron chi connectivity index (χ1n) is 9.89. The molecule has 6 nitrogen and oxygen atoms in total. The summed E-state index contributed by atoms with van der Waals surface area (Å²) in [6.45, 7) is 0.233. The van der Waals surface area contributed by atoms with Gasteiger partial charge in [-0.2, -0.15) is 0 Å². The van der Waals surface area contributed by atoms with Gasteiger partial charge < -0.3 is 9.47 Å². The molecule has 1 aliphatic carbocycles. The minimum absolute atomic E-state index is 0.0634. The molecule has 0 saturated heterocycles. The van der Waals surface area contributed by atoms with Gasteiger partial charge in [0.05, 0.1) is 5.75 Å². The van der Waals surface area contributed by atoms with Gasteiger partial charge in [-0.25, -0.2) is 0 Å². The summed E-state index contributed by atoms with van der Waals surface area (Å²) in [4.78, 5) is 12.2. The van der Waals surface area contributed by atoms with Crippen LogP contribution >= 0.6 is 23.4 Å². The Morgan fingerprint density at radius 3 is 2.53 bits per heavy atom. The topological polar surface area (TPSA) is 66.2 Å². The van der Waals surface area contributed by atoms with Crippen LogP contribution in [0.1, 0.15) is 31.5 Å². The van der Waals surface area contributed by atoms with E-state index in [4.69, 9.17) is 21.1 Å². The molecule has 3 aromatic rings. The van der Waals surface area contributed by atoms with E-state index >= 15 is 0 Å². The van der Waals surface area contributed by atoms with Crippen molar-refractivity contribution < 1.29 is 14.3 Å². The number of aromatic nitrogens is 3. The van der Waals surface area contributed by atoms with Gasteiger partial charge in [0.2, 0.25) is 0 Å². The van der Waals surface area contributed by atoms with Crippen molar-refractivity contribution in [3.05, 3.63) is 65.4 Å². The highest BCUT2D eigenvalue weighted by molar-refractivity contribution is 7.99. The number of hydrogen-bond acceptors (Lipinski definition) is 6. The molecule has 0 bridgehead atoms. The summed E-state index contributed by atoms with van der Waals surface area (Å²) in [6.07, 6.45) is 4.24. The number of benzene rings is 2. The Hall–Kier alpha value is -2.51. The maximum Gasteiger partial charge on any atom is 0.316 e. The molecule has 2 aromatic carbocycles. The predicted molar refractivity (Wildman–Crippen MR) is 116 cm³/mol. The van der Waals surface area contributed by atoms with Crippen LogP contribution in [0, 0.1) is 0 Å². The molecule has 0 N–H and O–H groups in total. The molecule has 1 fully saturated rings. The van der Waals surface area contributed by atoms with Gasteiger partial charge in [-0.3, -0.25) is 9.36 Å². The molecular formula is C22H22ClN3O3S. The van der Waals surface area contributed by atoms with Gasteiger partial charge in [0, 0.05) is 10.7 Å². The Morgan fingerprint density at radius 2 is 1.80 bits per heavy atom. The van der Waals surface area contributed by atoms with Crippen molar-refractivity contribution in [2.24, 2.45) is 0 Å². The lowest BCUT2D eigenvalue weighted by Crippen LogP contribution is -2.16. The first-order chi connectivity index (χ1) is 14.7. The van der Waals surface area contributed by atoms with Gasteiger partial charge in [-0.05, 0) is 62.1 Å². The van der Waals surface area contributed by atoms with Crippen molar-refractivity contribution in [1.29, 1.82) is 0 Å². The molecule has 4 rings (SSSR count). The molecule has 0 atom stereocenters. The summed E-state index contributed by atoms with van der Waals surface area (Å²) in [5, 5.41) is 9.86. The van der Waals surface area contributed by atoms with Crippen molar-refractivity contribution >= 4 is 29.3 Å². The number of rotatable bonds is 8. The van der Waals surface area contributed by atoms with Crippen LogP contribution in [-0.4, -0.2) is 32.6 Å². The average molecular weight is 444 g/mol. The smallest absolute Gasteiger partial charge is 0.316 e. The van der Waals surface area contributed by atoms with Crippen molar-refractivity contribution in [3.63, 3.8) is 0 Å². The zero-order valence-corrected chi connectivity index (χ0v) is 17.9. The molecule has 30 heavy (non-hydrogen) atoms. The van der Waals surface area contributed by atoms with Gasteiger partial charge in [-0.15, -0.1) is 10.2 Å². The van der Waals surface area contributed by atoms with E-state index in [1.165, 1.54) is 11.8 Å². The number of ether oxygens (including phenoxy) is 2. The van der Waals surface area contributed by atoms with Gasteiger partial charge in [0.25, 0.3) is 0 Å². The van der Waals surface area contributed by atoms with E-state index in [2.05, 4.69) is 10.2 Å². The molecule has 156 valence electrons. The first-order valence-corrected chi connectivity index (χ1v) is 11.3. The van der Waals surface area contributed by atoms with E-state index in [0.29, 0.717) is 21.8 Å². The summed E-state index contributed by atoms with van der Waals surface area (Å²) < 4.78 is 13.3. The van der Waals surface area contributed by atoms with E-state index in [1.807, 2.05) is 34.9 Å². The third-order valence-corrected chi connectivity index (χ3v) is 5.97. The number of carbonyl (C=O) groups excluding carboxylic acids is 1. The molecule has 1 aromatic heterocycles. The number of esters is 1. The Bertz CT molecular complexity index is 973. The number of halogens is 1. The second kappa shape index (κ2) is 10.00. The quantitative estimate of drug-likeness (QED) is 0.357. The summed E-state index contributed by atoms with van der Waals surface area (Å²) in [5.41, 5.74) is 0.906. The SMILES string of the molecule is O=C(CSc1nnc(COc2ccc(Cl)cc2)n1-c1ccccc1)OC1CCCC1. The van der Waals surface area contributed by atoms with E-state index in [1.54, 1.807) is 24.3 Å². The van der Waals surface area contributed by atoms with Gasteiger partial charge >= 0.3 is 5.97 Å². The molecule has 1 aliphatic rings. The second-order valence-electron chi connectivity index (χ2n) is 7.00. The summed E-state index contributed by atoms with van der Waals surface area (Å²) >= 11 is 7.25. The molecule has 0 radical (unpaired) electrons. The largest absolute Gasteiger partial charge is 0.486 e. The standard InChI is InChI=1S/C22H22ClN3O3S/c23-16-10-12-18(13-11-16)28-14-20-24-25-22(26(20)17-6-2-1-3-7-17)30-15-21(27)29-19-8-4-5-9-19/h1-3,6-7,10-13,19H,4-5,8-9,14-15H2. The zero-order valence-electron chi connectivity index (χ0n) is 16.4. The third kappa shape index (κ3) is 5.34. The Kier molecular flexibility index (Phi) is 6.92. The van der Waals surface area contributed by atoms with Crippen LogP contribution in [0.2, 0.25) is 5.02 Å². The molecule has 0 spiro atoms. The Morgan fingerprint density at radius 1 is 1.07 bits per heavy atom. The number of nitrogens with zero attached hydrogens (tertiary/aromatic N) is 3. The fraction of sp³-hybridized carbons (Fsp3) is 0.318. The third-order valence-electron chi connectivity index (χ3n) is 4.82. The lowest BCUT2D eigenvalue weighted by Gasteiger charge is -2.12. The monoisotopic (exact) mass is 443 g/mol. The first kappa shape index (κ1) is 20.8. The maximum atomic E-state index is 12.2. The lowest BCUT2D eigenvalue weighted by molar-refractivity contribution is -0.145. The maximum absolute atomic E-state index is 12.2. The van der Waals surface area contributed by atoms with Crippen molar-refractivity contribution in [2.45, 2.75) is 43.6 Å². The minimum atomic E-state index is -0.214. The molecule has 1 heterocycles. The van der Waals surface area contributed by atoms with Crippen LogP contribution in [0.3, 0.4) is 0 Å². The Labute approximate surface area is 184 Å². The summed E-state index contributed by atoms with van der Waals surface area (Å²) in [5.74, 6) is 1.31. The van der Waals surface area contributed by atoms with Crippen molar-refractivity contribution in [2.75, 3.05) is 5.75 Å².